The molecule has 1 aliphatic heterocycles. The second kappa shape index (κ2) is 5.90. The minimum Gasteiger partial charge on any atom is -0.478 e. The van der Waals surface area contributed by atoms with Gasteiger partial charge in [-0.25, -0.2) is 4.79 Å². The SMILES string of the molecule is CCCC1CCN(c2c(C(=O)O)cccc2[N+](=O)[O-])C1. The van der Waals surface area contributed by atoms with Crippen LogP contribution < -0.4 is 4.90 Å². The van der Waals surface area contributed by atoms with Gasteiger partial charge in [0.2, 0.25) is 0 Å². The van der Waals surface area contributed by atoms with E-state index in [4.69, 9.17) is 0 Å². The fourth-order valence-electron chi connectivity index (χ4n) is 2.86. The van der Waals surface area contributed by atoms with E-state index < -0.39 is 10.9 Å². The van der Waals surface area contributed by atoms with Crippen molar-refractivity contribution in [3.8, 4) is 0 Å². The maximum absolute atomic E-state index is 11.3. The van der Waals surface area contributed by atoms with Crippen LogP contribution in [0.5, 0.6) is 0 Å². The van der Waals surface area contributed by atoms with Gasteiger partial charge in [0, 0.05) is 19.2 Å². The monoisotopic (exact) mass is 278 g/mol. The number of nitro benzene ring substituents is 1. The number of hydrogen-bond donors (Lipinski definition) is 1. The van der Waals surface area contributed by atoms with Crippen molar-refractivity contribution in [3.05, 3.63) is 33.9 Å². The van der Waals surface area contributed by atoms with E-state index in [0.717, 1.165) is 19.3 Å². The third-order valence-electron chi connectivity index (χ3n) is 3.74. The summed E-state index contributed by atoms with van der Waals surface area (Å²) in [7, 11) is 0. The molecule has 1 aliphatic rings. The molecule has 1 aromatic rings. The molecule has 1 heterocycles. The second-order valence-corrected chi connectivity index (χ2v) is 5.12. The molecule has 0 spiro atoms. The first-order valence-electron chi connectivity index (χ1n) is 6.80. The van der Waals surface area contributed by atoms with Crippen LogP contribution in [0.3, 0.4) is 0 Å². The number of para-hydroxylation sites is 1. The number of nitrogens with zero attached hydrogens (tertiary/aromatic N) is 2. The van der Waals surface area contributed by atoms with Gasteiger partial charge >= 0.3 is 5.97 Å². The Hall–Kier alpha value is -2.11. The van der Waals surface area contributed by atoms with Crippen LogP contribution in [0.25, 0.3) is 0 Å². The molecule has 6 nitrogen and oxygen atoms in total. The van der Waals surface area contributed by atoms with Crippen molar-refractivity contribution < 1.29 is 14.8 Å². The molecule has 0 aromatic heterocycles. The van der Waals surface area contributed by atoms with Gasteiger partial charge in [-0.05, 0) is 24.8 Å². The van der Waals surface area contributed by atoms with Gasteiger partial charge in [-0.2, -0.15) is 0 Å². The molecule has 0 amide bonds. The molecule has 1 aromatic carbocycles. The van der Waals surface area contributed by atoms with E-state index in [1.807, 2.05) is 4.90 Å². The highest BCUT2D eigenvalue weighted by molar-refractivity contribution is 5.97. The zero-order chi connectivity index (χ0) is 14.7. The summed E-state index contributed by atoms with van der Waals surface area (Å²) in [5, 5.41) is 20.4. The van der Waals surface area contributed by atoms with Gasteiger partial charge < -0.3 is 10.0 Å². The first-order valence-corrected chi connectivity index (χ1v) is 6.80. The topological polar surface area (TPSA) is 83.7 Å². The fourth-order valence-corrected chi connectivity index (χ4v) is 2.86. The summed E-state index contributed by atoms with van der Waals surface area (Å²) in [6, 6.07) is 4.22. The fraction of sp³-hybridized carbons (Fsp3) is 0.500. The summed E-state index contributed by atoms with van der Waals surface area (Å²) in [6.45, 7) is 3.48. The number of carboxylic acid groups (broad SMARTS) is 1. The largest absolute Gasteiger partial charge is 0.478 e. The first-order chi connectivity index (χ1) is 9.54. The molecule has 1 saturated heterocycles. The Bertz CT molecular complexity index is 498. The van der Waals surface area contributed by atoms with Crippen LogP contribution in [0.4, 0.5) is 11.4 Å². The van der Waals surface area contributed by atoms with Gasteiger partial charge in [0.15, 0.2) is 0 Å². The molecule has 1 fully saturated rings. The first kappa shape index (κ1) is 14.3. The molecule has 2 rings (SSSR count). The van der Waals surface area contributed by atoms with Crippen LogP contribution >= 0.6 is 0 Å². The van der Waals surface area contributed by atoms with E-state index >= 15 is 0 Å². The lowest BCUT2D eigenvalue weighted by Gasteiger charge is -2.20. The van der Waals surface area contributed by atoms with Gasteiger partial charge in [-0.15, -0.1) is 0 Å². The molecular formula is C14H18N2O4. The van der Waals surface area contributed by atoms with Crippen LogP contribution in [0.1, 0.15) is 36.5 Å². The number of rotatable bonds is 5. The molecule has 1 unspecified atom stereocenters. The predicted molar refractivity (Wildman–Crippen MR) is 75.3 cm³/mol. The molecule has 0 bridgehead atoms. The highest BCUT2D eigenvalue weighted by Crippen LogP contribution is 2.36. The summed E-state index contributed by atoms with van der Waals surface area (Å²) < 4.78 is 0. The number of hydrogen-bond acceptors (Lipinski definition) is 4. The van der Waals surface area contributed by atoms with Crippen LogP contribution in [0, 0.1) is 16.0 Å². The molecule has 108 valence electrons. The van der Waals surface area contributed by atoms with E-state index in [1.54, 1.807) is 0 Å². The predicted octanol–water partition coefficient (Wildman–Crippen LogP) is 2.92. The molecule has 6 heteroatoms. The third kappa shape index (κ3) is 2.74. The van der Waals surface area contributed by atoms with Crippen LogP contribution in [0.15, 0.2) is 18.2 Å². The van der Waals surface area contributed by atoms with Gasteiger partial charge in [-0.1, -0.05) is 19.4 Å². The summed E-state index contributed by atoms with van der Waals surface area (Å²) in [4.78, 5) is 23.8. The average Bonchev–Trinajstić information content (AvgIpc) is 2.86. The average molecular weight is 278 g/mol. The summed E-state index contributed by atoms with van der Waals surface area (Å²) >= 11 is 0. The number of benzene rings is 1. The Morgan fingerprint density at radius 2 is 2.30 bits per heavy atom. The van der Waals surface area contributed by atoms with Crippen LogP contribution in [0.2, 0.25) is 0 Å². The standard InChI is InChI=1S/C14H18N2O4/c1-2-4-10-7-8-15(9-10)13-11(14(17)18)5-3-6-12(13)16(19)20/h3,5-6,10H,2,4,7-9H2,1H3,(H,17,18). The quantitative estimate of drug-likeness (QED) is 0.661. The lowest BCUT2D eigenvalue weighted by molar-refractivity contribution is -0.384. The molecular weight excluding hydrogens is 260 g/mol. The van der Waals surface area contributed by atoms with Gasteiger partial charge in [0.1, 0.15) is 5.69 Å². The zero-order valence-electron chi connectivity index (χ0n) is 11.4. The van der Waals surface area contributed by atoms with Crippen molar-refractivity contribution in [2.24, 2.45) is 5.92 Å². The normalized spacial score (nSPS) is 18.2. The van der Waals surface area contributed by atoms with Gasteiger partial charge in [0.25, 0.3) is 5.69 Å². The summed E-state index contributed by atoms with van der Waals surface area (Å²) in [6.07, 6.45) is 3.10. The van der Waals surface area contributed by atoms with E-state index in [0.29, 0.717) is 19.0 Å². The lowest BCUT2D eigenvalue weighted by Crippen LogP contribution is -2.23. The number of aromatic carboxylic acids is 1. The molecule has 1 atom stereocenters. The van der Waals surface area contributed by atoms with Crippen molar-refractivity contribution in [2.75, 3.05) is 18.0 Å². The molecule has 20 heavy (non-hydrogen) atoms. The van der Waals surface area contributed by atoms with E-state index in [9.17, 15) is 20.0 Å². The molecule has 0 radical (unpaired) electrons. The van der Waals surface area contributed by atoms with Gasteiger partial charge in [-0.3, -0.25) is 10.1 Å². The Morgan fingerprint density at radius 3 is 2.90 bits per heavy atom. The van der Waals surface area contributed by atoms with E-state index in [2.05, 4.69) is 6.92 Å². The number of anilines is 1. The maximum Gasteiger partial charge on any atom is 0.338 e. The van der Waals surface area contributed by atoms with Crippen molar-refractivity contribution in [3.63, 3.8) is 0 Å². The Labute approximate surface area is 117 Å². The third-order valence-corrected chi connectivity index (χ3v) is 3.74. The molecule has 1 N–H and O–H groups in total. The Balaban J connectivity index is 2.39. The van der Waals surface area contributed by atoms with Crippen molar-refractivity contribution in [1.29, 1.82) is 0 Å². The number of carboxylic acids is 1. The van der Waals surface area contributed by atoms with Crippen LogP contribution in [-0.4, -0.2) is 29.1 Å². The van der Waals surface area contributed by atoms with Crippen molar-refractivity contribution in [2.45, 2.75) is 26.2 Å². The maximum atomic E-state index is 11.3. The van der Waals surface area contributed by atoms with Gasteiger partial charge in [0.05, 0.1) is 10.5 Å². The summed E-state index contributed by atoms with van der Waals surface area (Å²) in [5.74, 6) is -0.635. The number of nitro groups is 1. The smallest absolute Gasteiger partial charge is 0.338 e. The highest BCUT2D eigenvalue weighted by Gasteiger charge is 2.31. The minimum atomic E-state index is -1.12. The zero-order valence-corrected chi connectivity index (χ0v) is 11.4. The summed E-state index contributed by atoms with van der Waals surface area (Å²) in [5.41, 5.74) is 0.141. The lowest BCUT2D eigenvalue weighted by atomic mass is 10.0. The molecule has 0 aliphatic carbocycles. The minimum absolute atomic E-state index is 0.0105. The Morgan fingerprint density at radius 1 is 1.55 bits per heavy atom. The highest BCUT2D eigenvalue weighted by atomic mass is 16.6. The molecule has 0 saturated carbocycles. The Kier molecular flexibility index (Phi) is 4.22. The van der Waals surface area contributed by atoms with E-state index in [1.165, 1.54) is 18.2 Å². The number of carbonyl (C=O) groups is 1. The van der Waals surface area contributed by atoms with Crippen molar-refractivity contribution >= 4 is 17.3 Å². The van der Waals surface area contributed by atoms with Crippen molar-refractivity contribution in [1.82, 2.24) is 0 Å². The van der Waals surface area contributed by atoms with E-state index in [-0.39, 0.29) is 16.9 Å². The second-order valence-electron chi connectivity index (χ2n) is 5.12. The van der Waals surface area contributed by atoms with Crippen LogP contribution in [-0.2, 0) is 0 Å².